The van der Waals surface area contributed by atoms with Gasteiger partial charge in [0.15, 0.2) is 0 Å². The first-order valence-electron chi connectivity index (χ1n) is 6.36. The lowest BCUT2D eigenvalue weighted by Crippen LogP contribution is -2.45. The van der Waals surface area contributed by atoms with E-state index in [1.54, 1.807) is 11.3 Å². The lowest BCUT2D eigenvalue weighted by atomic mass is 9.71. The molecule has 3 N–H and O–H groups in total. The van der Waals surface area contributed by atoms with Crippen molar-refractivity contribution in [2.24, 2.45) is 11.1 Å². The Morgan fingerprint density at radius 3 is 2.50 bits per heavy atom. The van der Waals surface area contributed by atoms with Gasteiger partial charge in [0.1, 0.15) is 5.60 Å². The maximum Gasteiger partial charge on any atom is 0.102 e. The Bertz CT molecular complexity index is 507. The second-order valence-corrected chi connectivity index (χ2v) is 6.42. The van der Waals surface area contributed by atoms with E-state index in [0.29, 0.717) is 6.54 Å². The average molecular weight is 263 g/mol. The molecule has 0 bridgehead atoms. The smallest absolute Gasteiger partial charge is 0.102 e. The molecule has 1 aromatic carbocycles. The monoisotopic (exact) mass is 263 g/mol. The van der Waals surface area contributed by atoms with E-state index < -0.39 is 5.60 Å². The van der Waals surface area contributed by atoms with Gasteiger partial charge in [-0.05, 0) is 30.9 Å². The van der Waals surface area contributed by atoms with Crippen LogP contribution in [0.4, 0.5) is 0 Å². The van der Waals surface area contributed by atoms with Gasteiger partial charge in [-0.2, -0.15) is 0 Å². The summed E-state index contributed by atoms with van der Waals surface area (Å²) in [4.78, 5) is 0.999. The van der Waals surface area contributed by atoms with Crippen LogP contribution in [0.5, 0.6) is 0 Å². The lowest BCUT2D eigenvalue weighted by molar-refractivity contribution is -0.0615. The van der Waals surface area contributed by atoms with Gasteiger partial charge in [-0.3, -0.25) is 0 Å². The first kappa shape index (κ1) is 13.5. The molecule has 0 spiro atoms. The Balaban J connectivity index is 2.52. The summed E-state index contributed by atoms with van der Waals surface area (Å²) in [5.74, 6) is 0. The Kier molecular flexibility index (Phi) is 3.49. The van der Waals surface area contributed by atoms with Gasteiger partial charge in [0.2, 0.25) is 0 Å². The number of aliphatic hydroxyl groups is 1. The van der Waals surface area contributed by atoms with Crippen LogP contribution >= 0.6 is 11.3 Å². The molecule has 2 rings (SSSR count). The molecule has 1 aromatic heterocycles. The van der Waals surface area contributed by atoms with Crippen molar-refractivity contribution in [1.29, 1.82) is 0 Å². The molecule has 1 heterocycles. The van der Waals surface area contributed by atoms with Gasteiger partial charge >= 0.3 is 0 Å². The largest absolute Gasteiger partial charge is 0.384 e. The molecule has 0 saturated carbocycles. The van der Waals surface area contributed by atoms with E-state index in [1.807, 2.05) is 19.1 Å². The topological polar surface area (TPSA) is 46.2 Å². The van der Waals surface area contributed by atoms with Crippen LogP contribution in [-0.2, 0) is 5.60 Å². The summed E-state index contributed by atoms with van der Waals surface area (Å²) >= 11 is 1.66. The molecule has 18 heavy (non-hydrogen) atoms. The number of nitrogens with two attached hydrogens (primary N) is 1. The fraction of sp³-hybridized carbons (Fsp3) is 0.467. The van der Waals surface area contributed by atoms with Crippen LogP contribution in [0.3, 0.4) is 0 Å². The lowest BCUT2D eigenvalue weighted by Gasteiger charge is -2.41. The van der Waals surface area contributed by atoms with Crippen LogP contribution in [0.2, 0.25) is 0 Å². The molecule has 0 amide bonds. The maximum atomic E-state index is 10.9. The molecule has 98 valence electrons. The zero-order chi connectivity index (χ0) is 13.4. The normalized spacial score (nSPS) is 18.5. The first-order chi connectivity index (χ1) is 8.44. The Labute approximate surface area is 112 Å². The van der Waals surface area contributed by atoms with Crippen molar-refractivity contribution in [1.82, 2.24) is 0 Å². The zero-order valence-electron chi connectivity index (χ0n) is 11.2. The third kappa shape index (κ3) is 1.96. The van der Waals surface area contributed by atoms with E-state index in [9.17, 15) is 5.11 Å². The minimum Gasteiger partial charge on any atom is -0.384 e. The number of rotatable bonds is 4. The van der Waals surface area contributed by atoms with E-state index in [0.717, 1.165) is 11.3 Å². The highest BCUT2D eigenvalue weighted by molar-refractivity contribution is 7.19. The van der Waals surface area contributed by atoms with Crippen molar-refractivity contribution in [2.75, 3.05) is 6.54 Å². The standard InChI is InChI=1S/C15H21NOS/c1-4-14(2,10-16)15(3,17)13-9-11-7-5-6-8-12(11)18-13/h5-9,17H,4,10,16H2,1-3H3. The molecule has 2 nitrogen and oxygen atoms in total. The van der Waals surface area contributed by atoms with Crippen molar-refractivity contribution in [3.8, 4) is 0 Å². The van der Waals surface area contributed by atoms with Gasteiger partial charge in [0.25, 0.3) is 0 Å². The Morgan fingerprint density at radius 1 is 1.28 bits per heavy atom. The molecule has 0 saturated heterocycles. The number of hydrogen-bond acceptors (Lipinski definition) is 3. The second kappa shape index (κ2) is 4.65. The van der Waals surface area contributed by atoms with Crippen molar-refractivity contribution in [3.05, 3.63) is 35.2 Å². The summed E-state index contributed by atoms with van der Waals surface area (Å²) in [6, 6.07) is 10.3. The molecular weight excluding hydrogens is 242 g/mol. The molecule has 2 unspecified atom stereocenters. The third-order valence-electron chi connectivity index (χ3n) is 4.31. The average Bonchev–Trinajstić information content (AvgIpc) is 2.82. The Hall–Kier alpha value is -0.900. The fourth-order valence-electron chi connectivity index (χ4n) is 2.21. The summed E-state index contributed by atoms with van der Waals surface area (Å²) in [6.07, 6.45) is 0.852. The predicted molar refractivity (Wildman–Crippen MR) is 78.8 cm³/mol. The van der Waals surface area contributed by atoms with Crippen molar-refractivity contribution in [2.45, 2.75) is 32.8 Å². The summed E-state index contributed by atoms with van der Waals surface area (Å²) in [6.45, 7) is 6.49. The van der Waals surface area contributed by atoms with Crippen LogP contribution in [0, 0.1) is 5.41 Å². The van der Waals surface area contributed by atoms with Gasteiger partial charge in [0.05, 0.1) is 0 Å². The minimum atomic E-state index is -0.889. The number of benzene rings is 1. The second-order valence-electron chi connectivity index (χ2n) is 5.34. The highest BCUT2D eigenvalue weighted by Crippen LogP contribution is 2.45. The number of thiophene rings is 1. The van der Waals surface area contributed by atoms with Gasteiger partial charge in [0, 0.05) is 21.5 Å². The van der Waals surface area contributed by atoms with Crippen LogP contribution in [0.25, 0.3) is 10.1 Å². The van der Waals surface area contributed by atoms with Gasteiger partial charge < -0.3 is 10.8 Å². The highest BCUT2D eigenvalue weighted by Gasteiger charge is 2.43. The van der Waals surface area contributed by atoms with Crippen molar-refractivity contribution >= 4 is 21.4 Å². The summed E-state index contributed by atoms with van der Waals surface area (Å²) in [5, 5.41) is 12.1. The molecule has 2 atom stereocenters. The molecule has 0 radical (unpaired) electrons. The molecule has 0 fully saturated rings. The van der Waals surface area contributed by atoms with Crippen LogP contribution in [-0.4, -0.2) is 11.7 Å². The fourth-order valence-corrected chi connectivity index (χ4v) is 3.47. The highest BCUT2D eigenvalue weighted by atomic mass is 32.1. The SMILES string of the molecule is CCC(C)(CN)C(C)(O)c1cc2ccccc2s1. The Morgan fingerprint density at radius 2 is 1.94 bits per heavy atom. The minimum absolute atomic E-state index is 0.298. The van der Waals surface area contributed by atoms with Crippen LogP contribution < -0.4 is 5.73 Å². The number of hydrogen-bond donors (Lipinski definition) is 2. The molecule has 0 aliphatic heterocycles. The molecule has 0 aliphatic rings. The van der Waals surface area contributed by atoms with Crippen molar-refractivity contribution < 1.29 is 5.11 Å². The number of fused-ring (bicyclic) bond motifs is 1. The summed E-state index contributed by atoms with van der Waals surface area (Å²) < 4.78 is 1.21. The van der Waals surface area contributed by atoms with Crippen LogP contribution in [0.15, 0.2) is 30.3 Å². The van der Waals surface area contributed by atoms with Gasteiger partial charge in [-0.1, -0.05) is 32.0 Å². The van der Waals surface area contributed by atoms with E-state index >= 15 is 0 Å². The zero-order valence-corrected chi connectivity index (χ0v) is 12.1. The van der Waals surface area contributed by atoms with Crippen LogP contribution in [0.1, 0.15) is 32.1 Å². The summed E-state index contributed by atoms with van der Waals surface area (Å²) in [5.41, 5.74) is 4.69. The molecule has 3 heteroatoms. The first-order valence-corrected chi connectivity index (χ1v) is 7.18. The van der Waals surface area contributed by atoms with E-state index in [2.05, 4.69) is 32.0 Å². The van der Waals surface area contributed by atoms with Crippen molar-refractivity contribution in [3.63, 3.8) is 0 Å². The van der Waals surface area contributed by atoms with E-state index in [-0.39, 0.29) is 5.41 Å². The molecule has 0 aliphatic carbocycles. The quantitative estimate of drug-likeness (QED) is 0.887. The summed E-state index contributed by atoms with van der Waals surface area (Å²) in [7, 11) is 0. The third-order valence-corrected chi connectivity index (χ3v) is 5.64. The van der Waals surface area contributed by atoms with Gasteiger partial charge in [-0.25, -0.2) is 0 Å². The molecule has 2 aromatic rings. The molecular formula is C15H21NOS. The van der Waals surface area contributed by atoms with Gasteiger partial charge in [-0.15, -0.1) is 11.3 Å². The predicted octanol–water partition coefficient (Wildman–Crippen LogP) is 3.48. The van der Waals surface area contributed by atoms with E-state index in [4.69, 9.17) is 5.73 Å². The van der Waals surface area contributed by atoms with E-state index in [1.165, 1.54) is 10.1 Å². The maximum absolute atomic E-state index is 10.9.